The molecule has 0 unspecified atom stereocenters. The average molecular weight is 376 g/mol. The lowest BCUT2D eigenvalue weighted by Crippen LogP contribution is -2.54. The highest BCUT2D eigenvalue weighted by atomic mass is 16.2. The maximum absolute atomic E-state index is 12.8. The normalized spacial score (nSPS) is 18.5. The van der Waals surface area contributed by atoms with E-state index in [1.165, 1.54) is 0 Å². The van der Waals surface area contributed by atoms with E-state index in [1.807, 2.05) is 18.7 Å². The first-order valence-electron chi connectivity index (χ1n) is 9.61. The van der Waals surface area contributed by atoms with Crippen LogP contribution in [0.5, 0.6) is 0 Å². The van der Waals surface area contributed by atoms with Crippen LogP contribution in [0.15, 0.2) is 6.20 Å². The highest BCUT2D eigenvalue weighted by molar-refractivity contribution is 5.86. The van der Waals surface area contributed by atoms with Gasteiger partial charge in [0, 0.05) is 19.1 Å². The number of nitrogens with zero attached hydrogens (tertiary/aromatic N) is 4. The lowest BCUT2D eigenvalue weighted by atomic mass is 10.0. The van der Waals surface area contributed by atoms with Gasteiger partial charge in [-0.05, 0) is 26.2 Å². The van der Waals surface area contributed by atoms with Crippen molar-refractivity contribution in [2.75, 3.05) is 13.1 Å². The largest absolute Gasteiger partial charge is 0.352 e. The molecule has 9 heteroatoms. The van der Waals surface area contributed by atoms with E-state index >= 15 is 0 Å². The summed E-state index contributed by atoms with van der Waals surface area (Å²) in [4.78, 5) is 44.5. The third-order valence-corrected chi connectivity index (χ3v) is 5.46. The van der Waals surface area contributed by atoms with Crippen molar-refractivity contribution in [3.05, 3.63) is 17.7 Å². The summed E-state index contributed by atoms with van der Waals surface area (Å²) in [6.07, 6.45) is 5.59. The molecule has 148 valence electrons. The van der Waals surface area contributed by atoms with Gasteiger partial charge in [-0.2, -0.15) is 0 Å². The molecule has 0 aromatic carbocycles. The number of carbonyl (C=O) groups is 3. The van der Waals surface area contributed by atoms with Crippen molar-refractivity contribution in [1.29, 1.82) is 0 Å². The van der Waals surface area contributed by atoms with Crippen LogP contribution < -0.4 is 11.1 Å². The van der Waals surface area contributed by atoms with Crippen molar-refractivity contribution < 1.29 is 14.4 Å². The molecule has 1 atom stereocenters. The molecule has 1 aromatic rings. The molecule has 4 amide bonds. The number of carbonyl (C=O) groups excluding carboxylic acids is 3. The number of aromatic nitrogens is 2. The van der Waals surface area contributed by atoms with Gasteiger partial charge in [-0.3, -0.25) is 9.36 Å². The minimum absolute atomic E-state index is 0.0269. The fourth-order valence-electron chi connectivity index (χ4n) is 3.98. The number of hydrogen-bond donors (Lipinski definition) is 2. The summed E-state index contributed by atoms with van der Waals surface area (Å²) in [6.45, 7) is 5.58. The molecular weight excluding hydrogens is 348 g/mol. The van der Waals surface area contributed by atoms with E-state index in [1.54, 1.807) is 15.7 Å². The summed E-state index contributed by atoms with van der Waals surface area (Å²) in [5, 5.41) is 2.57. The predicted molar refractivity (Wildman–Crippen MR) is 98.9 cm³/mol. The number of aryl methyl sites for hydroxylation is 1. The SMILES string of the molecule is CCCC[C@@H](NC(N)=O)C(=O)N1CCC(N2Cc3cnc(C)n3C2=O)CC1. The molecule has 0 spiro atoms. The van der Waals surface area contributed by atoms with Gasteiger partial charge in [0.15, 0.2) is 0 Å². The molecule has 2 aliphatic heterocycles. The van der Waals surface area contributed by atoms with Crippen LogP contribution in [0.1, 0.15) is 50.5 Å². The molecular formula is C18H28N6O3. The minimum atomic E-state index is -0.673. The van der Waals surface area contributed by atoms with Gasteiger partial charge in [-0.15, -0.1) is 0 Å². The van der Waals surface area contributed by atoms with Crippen LogP contribution in [0.25, 0.3) is 0 Å². The van der Waals surface area contributed by atoms with E-state index in [4.69, 9.17) is 5.73 Å². The highest BCUT2D eigenvalue weighted by Gasteiger charge is 2.37. The lowest BCUT2D eigenvalue weighted by molar-refractivity contribution is -0.134. The zero-order chi connectivity index (χ0) is 19.6. The van der Waals surface area contributed by atoms with Crippen LogP contribution in [-0.4, -0.2) is 62.5 Å². The molecule has 0 aliphatic carbocycles. The number of rotatable bonds is 6. The third-order valence-electron chi connectivity index (χ3n) is 5.46. The van der Waals surface area contributed by atoms with Gasteiger partial charge in [0.2, 0.25) is 5.91 Å². The topological polar surface area (TPSA) is 114 Å². The zero-order valence-electron chi connectivity index (χ0n) is 16.0. The van der Waals surface area contributed by atoms with Crippen molar-refractivity contribution in [2.24, 2.45) is 5.73 Å². The second-order valence-electron chi connectivity index (χ2n) is 7.30. The van der Waals surface area contributed by atoms with Gasteiger partial charge in [0.25, 0.3) is 0 Å². The van der Waals surface area contributed by atoms with E-state index < -0.39 is 12.1 Å². The molecule has 0 radical (unpaired) electrons. The molecule has 0 bridgehead atoms. The number of imidazole rings is 1. The molecule has 1 saturated heterocycles. The number of hydrogen-bond acceptors (Lipinski definition) is 4. The smallest absolute Gasteiger partial charge is 0.330 e. The molecule has 1 fully saturated rings. The Hall–Kier alpha value is -2.58. The van der Waals surface area contributed by atoms with Crippen molar-refractivity contribution in [1.82, 2.24) is 24.7 Å². The van der Waals surface area contributed by atoms with Crippen LogP contribution >= 0.6 is 0 Å². The molecule has 3 heterocycles. The van der Waals surface area contributed by atoms with E-state index in [0.717, 1.165) is 31.4 Å². The summed E-state index contributed by atoms with van der Waals surface area (Å²) in [5.41, 5.74) is 6.14. The van der Waals surface area contributed by atoms with Gasteiger partial charge in [0.1, 0.15) is 11.9 Å². The van der Waals surface area contributed by atoms with Crippen molar-refractivity contribution in [3.8, 4) is 0 Å². The number of urea groups is 1. The molecule has 27 heavy (non-hydrogen) atoms. The second-order valence-corrected chi connectivity index (χ2v) is 7.30. The Morgan fingerprint density at radius 2 is 2.07 bits per heavy atom. The third kappa shape index (κ3) is 3.91. The Morgan fingerprint density at radius 3 is 2.67 bits per heavy atom. The number of nitrogens with two attached hydrogens (primary N) is 1. The Balaban J connectivity index is 1.57. The quantitative estimate of drug-likeness (QED) is 0.776. The van der Waals surface area contributed by atoms with Crippen molar-refractivity contribution in [2.45, 2.75) is 64.6 Å². The van der Waals surface area contributed by atoms with Crippen LogP contribution in [0.2, 0.25) is 0 Å². The van der Waals surface area contributed by atoms with E-state index in [2.05, 4.69) is 10.3 Å². The number of amides is 4. The van der Waals surface area contributed by atoms with Crippen molar-refractivity contribution >= 4 is 18.0 Å². The molecule has 3 N–H and O–H groups in total. The Labute approximate surface area is 158 Å². The predicted octanol–water partition coefficient (Wildman–Crippen LogP) is 1.19. The number of primary amides is 1. The number of nitrogens with one attached hydrogen (secondary N) is 1. The standard InChI is InChI=1S/C18H28N6O3/c1-3-4-5-15(21-17(19)26)16(25)22-8-6-13(7-9-22)23-11-14-10-20-12(2)24(14)18(23)27/h10,13,15H,3-9,11H2,1-2H3,(H3,19,21,26)/t15-/m1/s1. The van der Waals surface area contributed by atoms with Gasteiger partial charge in [-0.1, -0.05) is 19.8 Å². The highest BCUT2D eigenvalue weighted by Crippen LogP contribution is 2.26. The second kappa shape index (κ2) is 7.98. The first kappa shape index (κ1) is 19.2. The molecule has 2 aliphatic rings. The molecule has 9 nitrogen and oxygen atoms in total. The fraction of sp³-hybridized carbons (Fsp3) is 0.667. The molecule has 0 saturated carbocycles. The average Bonchev–Trinajstić information content (AvgIpc) is 3.18. The Bertz CT molecular complexity index is 723. The minimum Gasteiger partial charge on any atom is -0.352 e. The number of fused-ring (bicyclic) bond motifs is 1. The maximum Gasteiger partial charge on any atom is 0.330 e. The number of unbranched alkanes of at least 4 members (excludes halogenated alkanes) is 1. The summed E-state index contributed by atoms with van der Waals surface area (Å²) in [7, 11) is 0. The summed E-state index contributed by atoms with van der Waals surface area (Å²) in [6, 6.07) is -1.16. The van der Waals surface area contributed by atoms with E-state index in [0.29, 0.717) is 31.9 Å². The Kier molecular flexibility index (Phi) is 5.67. The summed E-state index contributed by atoms with van der Waals surface area (Å²) >= 11 is 0. The van der Waals surface area contributed by atoms with Crippen LogP contribution in [0.3, 0.4) is 0 Å². The van der Waals surface area contributed by atoms with Gasteiger partial charge < -0.3 is 20.9 Å². The monoisotopic (exact) mass is 376 g/mol. The van der Waals surface area contributed by atoms with E-state index in [9.17, 15) is 14.4 Å². The molecule has 1 aromatic heterocycles. The van der Waals surface area contributed by atoms with Gasteiger partial charge in [-0.25, -0.2) is 14.6 Å². The van der Waals surface area contributed by atoms with Crippen molar-refractivity contribution in [3.63, 3.8) is 0 Å². The van der Waals surface area contributed by atoms with Crippen LogP contribution in [0, 0.1) is 6.92 Å². The summed E-state index contributed by atoms with van der Waals surface area (Å²) < 4.78 is 1.66. The first-order chi connectivity index (χ1) is 12.9. The van der Waals surface area contributed by atoms with Gasteiger partial charge in [0.05, 0.1) is 18.4 Å². The number of likely N-dealkylation sites (tertiary alicyclic amines) is 1. The summed E-state index contributed by atoms with van der Waals surface area (Å²) in [5.74, 6) is 0.626. The van der Waals surface area contributed by atoms with Crippen LogP contribution in [-0.2, 0) is 11.3 Å². The van der Waals surface area contributed by atoms with E-state index in [-0.39, 0.29) is 18.0 Å². The van der Waals surface area contributed by atoms with Gasteiger partial charge >= 0.3 is 12.1 Å². The van der Waals surface area contributed by atoms with Crippen LogP contribution in [0.4, 0.5) is 9.59 Å². The first-order valence-corrected chi connectivity index (χ1v) is 9.61. The zero-order valence-corrected chi connectivity index (χ0v) is 16.0. The fourth-order valence-corrected chi connectivity index (χ4v) is 3.98. The maximum atomic E-state index is 12.8. The molecule has 3 rings (SSSR count). The number of piperidine rings is 1. The lowest BCUT2D eigenvalue weighted by Gasteiger charge is -2.37. The Morgan fingerprint density at radius 1 is 1.37 bits per heavy atom.